The lowest BCUT2D eigenvalue weighted by molar-refractivity contribution is 0.589. The van der Waals surface area contributed by atoms with Crippen LogP contribution in [0.3, 0.4) is 0 Å². The third-order valence-electron chi connectivity index (χ3n) is 22.4. The molecule has 2 aliphatic heterocycles. The first-order valence-corrected chi connectivity index (χ1v) is 36.1. The predicted molar refractivity (Wildman–Crippen MR) is 425 cm³/mol. The highest BCUT2D eigenvalue weighted by molar-refractivity contribution is 6.11. The van der Waals surface area contributed by atoms with E-state index in [9.17, 15) is 0 Å². The third kappa shape index (κ3) is 9.48. The molecule has 4 heteroatoms. The van der Waals surface area contributed by atoms with Gasteiger partial charge in [0.15, 0.2) is 0 Å². The second-order valence-corrected chi connectivity index (χ2v) is 31.6. The number of aromatic nitrogens is 2. The van der Waals surface area contributed by atoms with Gasteiger partial charge in [0.25, 0.3) is 0 Å². The maximum Gasteiger partial charge on any atom is 0.0618 e. The summed E-state index contributed by atoms with van der Waals surface area (Å²) in [6.07, 6.45) is 1.77. The summed E-state index contributed by atoms with van der Waals surface area (Å²) in [6.45, 7) is 21.4. The Hall–Kier alpha value is -11.5. The van der Waals surface area contributed by atoms with Crippen molar-refractivity contribution in [3.8, 4) is 78.3 Å². The second-order valence-electron chi connectivity index (χ2n) is 31.6. The Morgan fingerprint density at radius 3 is 1.11 bits per heavy atom. The molecule has 19 rings (SSSR count). The molecule has 0 saturated carbocycles. The lowest BCUT2D eigenvalue weighted by atomic mass is 9.73. The lowest BCUT2D eigenvalue weighted by Gasteiger charge is -2.47. The quantitative estimate of drug-likeness (QED) is 0.151. The Bertz CT molecular complexity index is 5710. The van der Waals surface area contributed by atoms with Crippen molar-refractivity contribution in [3.05, 3.63) is 347 Å². The number of hydrogen-bond acceptors (Lipinski definition) is 2. The van der Waals surface area contributed by atoms with Crippen LogP contribution in [0.5, 0.6) is 0 Å². The molecule has 488 valence electrons. The van der Waals surface area contributed by atoms with Crippen molar-refractivity contribution in [1.82, 2.24) is 9.13 Å². The SMILES string of the molecule is CC(C)(C)c1cc(-c2ccccc2)c(N2c3cc(-n4c5c(c6c4-c4ccccc4C6)-c4ccccc4C5)ccc3C3c4ccc(-n5c6ccccc6c6ccccc65)cc4N(c4c(-c5ccccc5)cc(C(C)(C)C)cc4-c4ccccc4)c4cc(C(C)(C)C)cc2c43)c(-c2ccccc2)c1. The Morgan fingerprint density at radius 2 is 0.673 bits per heavy atom. The largest absolute Gasteiger partial charge is 0.312 e. The normalized spacial score (nSPS) is 14.2. The summed E-state index contributed by atoms with van der Waals surface area (Å²) in [5, 5.41) is 2.48. The maximum atomic E-state index is 2.77. The maximum absolute atomic E-state index is 2.77. The highest BCUT2D eigenvalue weighted by Gasteiger charge is 2.46. The van der Waals surface area contributed by atoms with E-state index in [1.54, 1.807) is 0 Å². The van der Waals surface area contributed by atoms with Gasteiger partial charge >= 0.3 is 0 Å². The summed E-state index contributed by atoms with van der Waals surface area (Å²) in [4.78, 5) is 5.51. The molecule has 2 aromatic heterocycles. The van der Waals surface area contributed by atoms with E-state index in [0.29, 0.717) is 0 Å². The molecule has 101 heavy (non-hydrogen) atoms. The minimum Gasteiger partial charge on any atom is -0.312 e. The fourth-order valence-corrected chi connectivity index (χ4v) is 17.4. The summed E-state index contributed by atoms with van der Waals surface area (Å²) < 4.78 is 5.20. The van der Waals surface area contributed by atoms with Crippen LogP contribution < -0.4 is 9.80 Å². The van der Waals surface area contributed by atoms with E-state index >= 15 is 0 Å². The van der Waals surface area contributed by atoms with Crippen LogP contribution in [-0.2, 0) is 29.1 Å². The zero-order valence-corrected chi connectivity index (χ0v) is 59.0. The van der Waals surface area contributed by atoms with Crippen LogP contribution >= 0.6 is 0 Å². The molecule has 2 aliphatic carbocycles. The van der Waals surface area contributed by atoms with Crippen molar-refractivity contribution in [3.63, 3.8) is 0 Å². The average molecular weight is 1300 g/mol. The summed E-state index contributed by atoms with van der Waals surface area (Å²) >= 11 is 0. The van der Waals surface area contributed by atoms with Crippen LogP contribution in [0.2, 0.25) is 0 Å². The molecule has 0 amide bonds. The van der Waals surface area contributed by atoms with Crippen LogP contribution in [-0.4, -0.2) is 9.13 Å². The van der Waals surface area contributed by atoms with E-state index < -0.39 is 0 Å². The van der Waals surface area contributed by atoms with Crippen molar-refractivity contribution >= 4 is 55.9 Å². The molecule has 0 spiro atoms. The predicted octanol–water partition coefficient (Wildman–Crippen LogP) is 26.0. The molecule has 0 bridgehead atoms. The van der Waals surface area contributed by atoms with Gasteiger partial charge in [0.1, 0.15) is 0 Å². The molecule has 13 aromatic carbocycles. The minimum atomic E-state index is -0.318. The Labute approximate surface area is 593 Å². The summed E-state index contributed by atoms with van der Waals surface area (Å²) in [6, 6.07) is 112. The molecule has 0 radical (unpaired) electrons. The summed E-state index contributed by atoms with van der Waals surface area (Å²) in [7, 11) is 0. The Kier molecular flexibility index (Phi) is 13.5. The molecule has 4 aliphatic rings. The molecule has 1 atom stereocenters. The van der Waals surface area contributed by atoms with Crippen LogP contribution in [0, 0.1) is 0 Å². The van der Waals surface area contributed by atoms with E-state index in [1.165, 1.54) is 167 Å². The monoisotopic (exact) mass is 1300 g/mol. The van der Waals surface area contributed by atoms with Gasteiger partial charge < -0.3 is 18.9 Å². The molecule has 15 aromatic rings. The first kappa shape index (κ1) is 60.7. The lowest BCUT2D eigenvalue weighted by Crippen LogP contribution is -2.31. The number of anilines is 6. The number of rotatable bonds is 8. The molecular formula is C97H80N4. The fourth-order valence-electron chi connectivity index (χ4n) is 17.4. The van der Waals surface area contributed by atoms with Crippen molar-refractivity contribution in [1.29, 1.82) is 0 Å². The van der Waals surface area contributed by atoms with Gasteiger partial charge in [0.05, 0.1) is 50.9 Å². The molecule has 4 heterocycles. The smallest absolute Gasteiger partial charge is 0.0618 e. The number of nitrogens with zero attached hydrogens (tertiary/aromatic N) is 4. The first-order valence-electron chi connectivity index (χ1n) is 36.1. The molecule has 4 nitrogen and oxygen atoms in total. The van der Waals surface area contributed by atoms with Crippen LogP contribution in [0.15, 0.2) is 291 Å². The van der Waals surface area contributed by atoms with E-state index in [2.05, 4.69) is 372 Å². The van der Waals surface area contributed by atoms with Gasteiger partial charge in [-0.1, -0.05) is 281 Å². The number of fused-ring (bicyclic) bond motifs is 14. The van der Waals surface area contributed by atoms with Gasteiger partial charge in [-0.25, -0.2) is 0 Å². The van der Waals surface area contributed by atoms with Gasteiger partial charge in [-0.05, 0) is 161 Å². The Morgan fingerprint density at radius 1 is 0.307 bits per heavy atom. The van der Waals surface area contributed by atoms with Gasteiger partial charge in [-0.3, -0.25) is 0 Å². The average Bonchev–Trinajstić information content (AvgIpc) is 1.20. The molecule has 0 fully saturated rings. The van der Waals surface area contributed by atoms with E-state index in [0.717, 1.165) is 35.6 Å². The zero-order valence-electron chi connectivity index (χ0n) is 59.0. The van der Waals surface area contributed by atoms with Gasteiger partial charge in [-0.2, -0.15) is 0 Å². The molecule has 0 saturated heterocycles. The number of para-hydroxylation sites is 2. The van der Waals surface area contributed by atoms with Crippen molar-refractivity contribution in [2.75, 3.05) is 9.80 Å². The summed E-state index contributed by atoms with van der Waals surface area (Å²) in [5.41, 5.74) is 38.9. The summed E-state index contributed by atoms with van der Waals surface area (Å²) in [5.74, 6) is -0.220. The van der Waals surface area contributed by atoms with Crippen molar-refractivity contribution in [2.24, 2.45) is 0 Å². The minimum absolute atomic E-state index is 0.182. The van der Waals surface area contributed by atoms with Gasteiger partial charge in [0, 0.05) is 85.5 Å². The van der Waals surface area contributed by atoms with Crippen LogP contribution in [0.4, 0.5) is 34.1 Å². The van der Waals surface area contributed by atoms with Crippen LogP contribution in [0.25, 0.3) is 100 Å². The Balaban J connectivity index is 0.995. The molecule has 1 unspecified atom stereocenters. The number of hydrogen-bond donors (Lipinski definition) is 0. The van der Waals surface area contributed by atoms with Gasteiger partial charge in [-0.15, -0.1) is 0 Å². The zero-order chi connectivity index (χ0) is 68.4. The highest BCUT2D eigenvalue weighted by atomic mass is 15.2. The fraction of sp³-hybridized carbons (Fsp3) is 0.155. The first-order chi connectivity index (χ1) is 49.0. The third-order valence-corrected chi connectivity index (χ3v) is 22.4. The van der Waals surface area contributed by atoms with Crippen molar-refractivity contribution in [2.45, 2.75) is 97.3 Å². The number of benzene rings is 13. The standard InChI is InChI=1S/C97H80N4/c1-95(2,3)66-52-77(60-30-14-10-15-31-60)93(78(53-66)61-32-16-11-17-33-61)100-84-58-69(98-82-44-28-26-42-73(82)74-43-27-29-45-83(74)98)46-48-75(84)90-76-49-47-70(99-86-51-65-39-22-24-40-71(65)89(86)81-50-64-38-23-25-41-72(64)92(81)99)59-85(76)101(88-57-68(97(7,8)9)56-87(100)91(88)90)94-79(62-34-18-12-19-35-62)54-67(96(4,5)6)55-80(94)63-36-20-13-21-37-63/h10-49,52-59,90H,50-51H2,1-9H3. The van der Waals surface area contributed by atoms with E-state index in [-0.39, 0.29) is 22.2 Å². The highest BCUT2D eigenvalue weighted by Crippen LogP contribution is 2.66. The van der Waals surface area contributed by atoms with Crippen molar-refractivity contribution < 1.29 is 0 Å². The molecule has 0 N–H and O–H groups in total. The van der Waals surface area contributed by atoms with Crippen LogP contribution in [0.1, 0.15) is 124 Å². The van der Waals surface area contributed by atoms with Gasteiger partial charge in [0.2, 0.25) is 0 Å². The van der Waals surface area contributed by atoms with E-state index in [4.69, 9.17) is 0 Å². The molecular weight excluding hydrogens is 1220 g/mol. The topological polar surface area (TPSA) is 16.3 Å². The van der Waals surface area contributed by atoms with E-state index in [1.807, 2.05) is 0 Å². The second kappa shape index (κ2) is 22.5.